The molecular formula is C13H17BrO2S. The summed E-state index contributed by atoms with van der Waals surface area (Å²) < 4.78 is 6.29. The Balaban J connectivity index is 2.31. The van der Waals surface area contributed by atoms with E-state index in [2.05, 4.69) is 15.9 Å². The molecule has 0 heterocycles. The molecule has 0 aliphatic heterocycles. The van der Waals surface area contributed by atoms with E-state index in [4.69, 9.17) is 4.74 Å². The molecule has 0 aromatic heterocycles. The van der Waals surface area contributed by atoms with Crippen molar-refractivity contribution in [3.05, 3.63) is 28.7 Å². The molecule has 1 rings (SSSR count). The summed E-state index contributed by atoms with van der Waals surface area (Å²) in [5.74, 6) is 0.603. The van der Waals surface area contributed by atoms with Crippen LogP contribution in [0, 0.1) is 0 Å². The molecule has 94 valence electrons. The first-order chi connectivity index (χ1) is 7.87. The second kappa shape index (κ2) is 6.45. The van der Waals surface area contributed by atoms with Crippen molar-refractivity contribution in [3.8, 4) is 0 Å². The van der Waals surface area contributed by atoms with Crippen LogP contribution in [0.15, 0.2) is 33.6 Å². The zero-order chi connectivity index (χ0) is 12.9. The summed E-state index contributed by atoms with van der Waals surface area (Å²) >= 11 is 5.08. The number of ether oxygens (including phenoxy) is 1. The van der Waals surface area contributed by atoms with Crippen molar-refractivity contribution in [2.75, 3.05) is 5.75 Å². The quantitative estimate of drug-likeness (QED) is 0.613. The fraction of sp³-hybridized carbons (Fsp3) is 0.462. The average molecular weight is 317 g/mol. The second-order valence-corrected chi connectivity index (χ2v) is 6.73. The van der Waals surface area contributed by atoms with Crippen LogP contribution in [0.3, 0.4) is 0 Å². The lowest BCUT2D eigenvalue weighted by Gasteiger charge is -2.19. The molecule has 0 saturated heterocycles. The first-order valence-corrected chi connectivity index (χ1v) is 7.25. The summed E-state index contributed by atoms with van der Waals surface area (Å²) in [5, 5.41) is 0. The molecule has 0 saturated carbocycles. The van der Waals surface area contributed by atoms with Gasteiger partial charge >= 0.3 is 5.97 Å². The minimum absolute atomic E-state index is 0.139. The number of benzene rings is 1. The van der Waals surface area contributed by atoms with E-state index in [0.717, 1.165) is 15.1 Å². The van der Waals surface area contributed by atoms with Gasteiger partial charge in [-0.3, -0.25) is 4.79 Å². The van der Waals surface area contributed by atoms with E-state index >= 15 is 0 Å². The van der Waals surface area contributed by atoms with Crippen molar-refractivity contribution in [2.45, 2.75) is 37.7 Å². The molecule has 0 aliphatic carbocycles. The van der Waals surface area contributed by atoms with Gasteiger partial charge in [0.25, 0.3) is 0 Å². The van der Waals surface area contributed by atoms with Crippen LogP contribution in [0.5, 0.6) is 0 Å². The van der Waals surface area contributed by atoms with E-state index in [9.17, 15) is 4.79 Å². The minimum Gasteiger partial charge on any atom is -0.460 e. The maximum Gasteiger partial charge on any atom is 0.307 e. The summed E-state index contributed by atoms with van der Waals surface area (Å²) in [6.07, 6.45) is 0.439. The zero-order valence-corrected chi connectivity index (χ0v) is 12.7. The smallest absolute Gasteiger partial charge is 0.307 e. The first kappa shape index (κ1) is 14.6. The van der Waals surface area contributed by atoms with E-state index in [-0.39, 0.29) is 5.97 Å². The van der Waals surface area contributed by atoms with Gasteiger partial charge in [-0.05, 0) is 39.0 Å². The topological polar surface area (TPSA) is 26.3 Å². The average Bonchev–Trinajstić information content (AvgIpc) is 2.14. The maximum absolute atomic E-state index is 11.5. The Bertz CT molecular complexity index is 385. The lowest BCUT2D eigenvalue weighted by Crippen LogP contribution is -2.23. The molecule has 0 bridgehead atoms. The highest BCUT2D eigenvalue weighted by Crippen LogP contribution is 2.22. The van der Waals surface area contributed by atoms with E-state index < -0.39 is 5.60 Å². The van der Waals surface area contributed by atoms with Crippen LogP contribution in [0.1, 0.15) is 27.2 Å². The lowest BCUT2D eigenvalue weighted by atomic mass is 10.2. The van der Waals surface area contributed by atoms with Crippen molar-refractivity contribution < 1.29 is 9.53 Å². The molecular weight excluding hydrogens is 300 g/mol. The molecule has 0 fully saturated rings. The number of esters is 1. The van der Waals surface area contributed by atoms with E-state index in [1.807, 2.05) is 45.0 Å². The standard InChI is InChI=1S/C13H17BrO2S/c1-13(2,3)16-12(15)7-8-17-11-6-4-5-10(14)9-11/h4-6,9H,7-8H2,1-3H3. The minimum atomic E-state index is -0.391. The zero-order valence-electron chi connectivity index (χ0n) is 10.3. The van der Waals surface area contributed by atoms with Gasteiger partial charge in [0, 0.05) is 15.1 Å². The SMILES string of the molecule is CC(C)(C)OC(=O)CCSc1cccc(Br)c1. The van der Waals surface area contributed by atoms with Crippen LogP contribution in [0.2, 0.25) is 0 Å². The molecule has 1 aromatic carbocycles. The summed E-state index contributed by atoms with van der Waals surface area (Å²) in [6, 6.07) is 8.04. The van der Waals surface area contributed by atoms with Gasteiger partial charge in [-0.15, -0.1) is 11.8 Å². The van der Waals surface area contributed by atoms with Crippen LogP contribution in [-0.4, -0.2) is 17.3 Å². The van der Waals surface area contributed by atoms with Crippen molar-refractivity contribution in [1.29, 1.82) is 0 Å². The monoisotopic (exact) mass is 316 g/mol. The van der Waals surface area contributed by atoms with Crippen molar-refractivity contribution in [2.24, 2.45) is 0 Å². The fourth-order valence-electron chi connectivity index (χ4n) is 1.20. The number of thioether (sulfide) groups is 1. The summed E-state index contributed by atoms with van der Waals surface area (Å²) in [6.45, 7) is 5.64. The van der Waals surface area contributed by atoms with E-state index in [0.29, 0.717) is 6.42 Å². The Kier molecular flexibility index (Phi) is 5.53. The van der Waals surface area contributed by atoms with Gasteiger partial charge in [0.2, 0.25) is 0 Å². The molecule has 0 spiro atoms. The first-order valence-electron chi connectivity index (χ1n) is 5.47. The number of carbonyl (C=O) groups excluding carboxylic acids is 1. The third kappa shape index (κ3) is 6.74. The Morgan fingerprint density at radius 3 is 2.71 bits per heavy atom. The lowest BCUT2D eigenvalue weighted by molar-refractivity contribution is -0.154. The van der Waals surface area contributed by atoms with Crippen molar-refractivity contribution >= 4 is 33.7 Å². The third-order valence-electron chi connectivity index (χ3n) is 1.79. The van der Waals surface area contributed by atoms with Crippen LogP contribution >= 0.6 is 27.7 Å². The van der Waals surface area contributed by atoms with Gasteiger partial charge in [0.15, 0.2) is 0 Å². The molecule has 4 heteroatoms. The van der Waals surface area contributed by atoms with Gasteiger partial charge < -0.3 is 4.74 Å². The molecule has 2 nitrogen and oxygen atoms in total. The number of hydrogen-bond acceptors (Lipinski definition) is 3. The normalized spacial score (nSPS) is 11.3. The van der Waals surface area contributed by atoms with Gasteiger partial charge in [-0.1, -0.05) is 22.0 Å². The molecule has 0 N–H and O–H groups in total. The summed E-state index contributed by atoms with van der Waals surface area (Å²) in [5.41, 5.74) is -0.391. The Morgan fingerprint density at radius 1 is 1.41 bits per heavy atom. The molecule has 0 unspecified atom stereocenters. The molecule has 17 heavy (non-hydrogen) atoms. The van der Waals surface area contributed by atoms with Gasteiger partial charge in [0.1, 0.15) is 5.60 Å². The number of hydrogen-bond donors (Lipinski definition) is 0. The Morgan fingerprint density at radius 2 is 2.12 bits per heavy atom. The number of carbonyl (C=O) groups is 1. The van der Waals surface area contributed by atoms with Crippen LogP contribution < -0.4 is 0 Å². The molecule has 0 amide bonds. The Labute approximate surface area is 115 Å². The highest BCUT2D eigenvalue weighted by atomic mass is 79.9. The number of rotatable bonds is 4. The predicted octanol–water partition coefficient (Wildman–Crippen LogP) is 4.27. The van der Waals surface area contributed by atoms with E-state index in [1.54, 1.807) is 11.8 Å². The molecule has 1 aromatic rings. The van der Waals surface area contributed by atoms with Crippen molar-refractivity contribution in [3.63, 3.8) is 0 Å². The fourth-order valence-corrected chi connectivity index (χ4v) is 2.64. The van der Waals surface area contributed by atoms with Gasteiger partial charge in [-0.2, -0.15) is 0 Å². The molecule has 0 radical (unpaired) electrons. The Hall–Kier alpha value is -0.480. The molecule has 0 aliphatic rings. The van der Waals surface area contributed by atoms with Crippen LogP contribution in [0.4, 0.5) is 0 Å². The summed E-state index contributed by atoms with van der Waals surface area (Å²) in [4.78, 5) is 12.6. The van der Waals surface area contributed by atoms with Crippen LogP contribution in [0.25, 0.3) is 0 Å². The third-order valence-corrected chi connectivity index (χ3v) is 3.28. The maximum atomic E-state index is 11.5. The molecule has 0 atom stereocenters. The second-order valence-electron chi connectivity index (χ2n) is 4.64. The highest BCUT2D eigenvalue weighted by molar-refractivity contribution is 9.10. The van der Waals surface area contributed by atoms with Gasteiger partial charge in [-0.25, -0.2) is 0 Å². The van der Waals surface area contributed by atoms with E-state index in [1.165, 1.54) is 0 Å². The number of halogens is 1. The largest absolute Gasteiger partial charge is 0.460 e. The van der Waals surface area contributed by atoms with Gasteiger partial charge in [0.05, 0.1) is 6.42 Å². The van der Waals surface area contributed by atoms with Crippen molar-refractivity contribution in [1.82, 2.24) is 0 Å². The summed E-state index contributed by atoms with van der Waals surface area (Å²) in [7, 11) is 0. The predicted molar refractivity (Wildman–Crippen MR) is 75.3 cm³/mol. The highest BCUT2D eigenvalue weighted by Gasteiger charge is 2.15. The van der Waals surface area contributed by atoms with Crippen LogP contribution in [-0.2, 0) is 9.53 Å².